The fourth-order valence-corrected chi connectivity index (χ4v) is 2.75. The molecule has 0 aliphatic heterocycles. The summed E-state index contributed by atoms with van der Waals surface area (Å²) in [5.74, 6) is 0.0896. The average Bonchev–Trinajstić information content (AvgIpc) is 2.84. The minimum atomic E-state index is -2.86. The molecule has 0 saturated heterocycles. The molecule has 84 valence electrons. The first-order valence-corrected chi connectivity index (χ1v) is 5.84. The summed E-state index contributed by atoms with van der Waals surface area (Å²) in [6.07, 6.45) is 2.07. The first kappa shape index (κ1) is 11.2. The topological polar surface area (TPSA) is 39.2 Å². The lowest BCUT2D eigenvalue weighted by atomic mass is 10.4. The predicted molar refractivity (Wildman–Crippen MR) is 57.4 cm³/mol. The Morgan fingerprint density at radius 2 is 2.31 bits per heavy atom. The molecule has 2 rings (SSSR count). The Labute approximate surface area is 97.3 Å². The number of aldehydes is 1. The molecule has 0 radical (unpaired) electrons. The van der Waals surface area contributed by atoms with Gasteiger partial charge in [-0.2, -0.15) is 8.78 Å². The molecule has 2 aromatic heterocycles. The van der Waals surface area contributed by atoms with Crippen molar-refractivity contribution < 1.29 is 18.3 Å². The number of ether oxygens (including phenoxy) is 1. The van der Waals surface area contributed by atoms with E-state index in [1.165, 1.54) is 23.6 Å². The van der Waals surface area contributed by atoms with E-state index in [4.69, 9.17) is 0 Å². The Morgan fingerprint density at radius 3 is 2.94 bits per heavy atom. The Hall–Kier alpha value is -1.34. The van der Waals surface area contributed by atoms with Gasteiger partial charge in [-0.3, -0.25) is 4.79 Å². The van der Waals surface area contributed by atoms with E-state index in [0.29, 0.717) is 21.0 Å². The van der Waals surface area contributed by atoms with E-state index in [0.717, 1.165) is 11.3 Å². The molecule has 0 aromatic carbocycles. The molecule has 3 nitrogen and oxygen atoms in total. The number of halogens is 2. The highest BCUT2D eigenvalue weighted by molar-refractivity contribution is 7.22. The third-order valence-electron chi connectivity index (χ3n) is 1.68. The number of alkyl halides is 2. The Bertz CT molecular complexity index is 495. The van der Waals surface area contributed by atoms with E-state index < -0.39 is 6.61 Å². The van der Waals surface area contributed by atoms with Crippen LogP contribution in [0.15, 0.2) is 17.6 Å². The molecule has 0 atom stereocenters. The van der Waals surface area contributed by atoms with Crippen molar-refractivity contribution in [2.24, 2.45) is 0 Å². The van der Waals surface area contributed by atoms with Gasteiger partial charge in [0, 0.05) is 6.20 Å². The number of thiazole rings is 1. The Kier molecular flexibility index (Phi) is 3.25. The lowest BCUT2D eigenvalue weighted by Gasteiger charge is -2.02. The molecule has 0 aliphatic rings. The molecule has 0 unspecified atom stereocenters. The maximum absolute atomic E-state index is 12.1. The second-order valence-corrected chi connectivity index (χ2v) is 4.66. The van der Waals surface area contributed by atoms with Crippen molar-refractivity contribution in [1.29, 1.82) is 0 Å². The molecule has 0 amide bonds. The number of hydrogen-bond acceptors (Lipinski definition) is 5. The van der Waals surface area contributed by atoms with Crippen molar-refractivity contribution in [3.8, 4) is 15.6 Å². The molecule has 0 aliphatic carbocycles. The largest absolute Gasteiger partial charge is 0.433 e. The second kappa shape index (κ2) is 4.67. The Balaban J connectivity index is 2.32. The van der Waals surface area contributed by atoms with E-state index in [9.17, 15) is 13.6 Å². The molecule has 0 spiro atoms. The number of thiophene rings is 1. The predicted octanol–water partition coefficient (Wildman–Crippen LogP) is 3.29. The minimum Gasteiger partial charge on any atom is -0.433 e. The highest BCUT2D eigenvalue weighted by Crippen LogP contribution is 2.38. The van der Waals surface area contributed by atoms with Crippen LogP contribution in [0.25, 0.3) is 9.88 Å². The van der Waals surface area contributed by atoms with E-state index in [1.54, 1.807) is 5.38 Å². The minimum absolute atomic E-state index is 0.0896. The standard InChI is InChI=1S/C9H5F2NO2S2/c10-9(11)14-6-1-2-15-7(6)8-12-3-5(4-13)16-8/h1-4,9H. The van der Waals surface area contributed by atoms with Crippen LogP contribution in [0.4, 0.5) is 8.78 Å². The molecule has 16 heavy (non-hydrogen) atoms. The van der Waals surface area contributed by atoms with Crippen LogP contribution in [0.2, 0.25) is 0 Å². The normalized spacial score (nSPS) is 10.7. The lowest BCUT2D eigenvalue weighted by Crippen LogP contribution is -2.01. The van der Waals surface area contributed by atoms with Gasteiger partial charge >= 0.3 is 6.61 Å². The van der Waals surface area contributed by atoms with Crippen molar-refractivity contribution in [3.63, 3.8) is 0 Å². The van der Waals surface area contributed by atoms with Gasteiger partial charge in [-0.15, -0.1) is 22.7 Å². The first-order chi connectivity index (χ1) is 7.70. The third kappa shape index (κ3) is 2.25. The summed E-state index contributed by atoms with van der Waals surface area (Å²) in [6, 6.07) is 1.45. The van der Waals surface area contributed by atoms with E-state index in [2.05, 4.69) is 9.72 Å². The molecule has 2 heterocycles. The maximum Gasteiger partial charge on any atom is 0.387 e. The maximum atomic E-state index is 12.1. The highest BCUT2D eigenvalue weighted by Gasteiger charge is 2.15. The zero-order valence-corrected chi connectivity index (χ0v) is 9.36. The van der Waals surface area contributed by atoms with E-state index in [1.807, 2.05) is 0 Å². The quantitative estimate of drug-likeness (QED) is 0.793. The van der Waals surface area contributed by atoms with Gasteiger partial charge in [0.25, 0.3) is 0 Å². The number of hydrogen-bond donors (Lipinski definition) is 0. The Morgan fingerprint density at radius 1 is 1.50 bits per heavy atom. The zero-order chi connectivity index (χ0) is 11.5. The monoisotopic (exact) mass is 261 g/mol. The number of aromatic nitrogens is 1. The summed E-state index contributed by atoms with van der Waals surface area (Å²) in [7, 11) is 0. The smallest absolute Gasteiger partial charge is 0.387 e. The van der Waals surface area contributed by atoms with Crippen molar-refractivity contribution in [2.75, 3.05) is 0 Å². The van der Waals surface area contributed by atoms with Crippen LogP contribution in [0.5, 0.6) is 5.75 Å². The number of rotatable bonds is 4. The molecular formula is C9H5F2NO2S2. The SMILES string of the molecule is O=Cc1cnc(-c2sccc2OC(F)F)s1. The first-order valence-electron chi connectivity index (χ1n) is 4.14. The van der Waals surface area contributed by atoms with Gasteiger partial charge < -0.3 is 4.74 Å². The van der Waals surface area contributed by atoms with Crippen LogP contribution < -0.4 is 4.74 Å². The van der Waals surface area contributed by atoms with Crippen molar-refractivity contribution in [1.82, 2.24) is 4.98 Å². The van der Waals surface area contributed by atoms with Gasteiger partial charge in [-0.05, 0) is 11.4 Å². The van der Waals surface area contributed by atoms with E-state index in [-0.39, 0.29) is 5.75 Å². The average molecular weight is 261 g/mol. The summed E-state index contributed by atoms with van der Waals surface area (Å²) in [5.41, 5.74) is 0. The van der Waals surface area contributed by atoms with Gasteiger partial charge in [0.2, 0.25) is 0 Å². The lowest BCUT2D eigenvalue weighted by molar-refractivity contribution is -0.0491. The van der Waals surface area contributed by atoms with Gasteiger partial charge in [0.1, 0.15) is 15.6 Å². The molecule has 0 bridgehead atoms. The number of carbonyl (C=O) groups is 1. The van der Waals surface area contributed by atoms with Crippen LogP contribution >= 0.6 is 22.7 Å². The molecule has 0 saturated carbocycles. The van der Waals surface area contributed by atoms with Gasteiger partial charge in [0.15, 0.2) is 6.29 Å². The van der Waals surface area contributed by atoms with Gasteiger partial charge in [-0.25, -0.2) is 4.98 Å². The van der Waals surface area contributed by atoms with Crippen LogP contribution in [0, 0.1) is 0 Å². The summed E-state index contributed by atoms with van der Waals surface area (Å²) in [5, 5.41) is 2.14. The second-order valence-electron chi connectivity index (χ2n) is 2.68. The molecule has 7 heteroatoms. The summed E-state index contributed by atoms with van der Waals surface area (Å²) >= 11 is 2.38. The van der Waals surface area contributed by atoms with Crippen molar-refractivity contribution in [2.45, 2.75) is 6.61 Å². The van der Waals surface area contributed by atoms with E-state index >= 15 is 0 Å². The fourth-order valence-electron chi connectivity index (χ4n) is 1.09. The molecule has 2 aromatic rings. The van der Waals surface area contributed by atoms with Crippen LogP contribution in [-0.2, 0) is 0 Å². The van der Waals surface area contributed by atoms with Crippen LogP contribution in [-0.4, -0.2) is 17.9 Å². The fraction of sp³-hybridized carbons (Fsp3) is 0.111. The number of carbonyl (C=O) groups excluding carboxylic acids is 1. The number of nitrogens with zero attached hydrogens (tertiary/aromatic N) is 1. The van der Waals surface area contributed by atoms with Crippen LogP contribution in [0.1, 0.15) is 9.67 Å². The molecular weight excluding hydrogens is 256 g/mol. The summed E-state index contributed by atoms with van der Waals surface area (Å²) in [4.78, 5) is 15.4. The molecule has 0 N–H and O–H groups in total. The van der Waals surface area contributed by atoms with Crippen molar-refractivity contribution in [3.05, 3.63) is 22.5 Å². The molecule has 0 fully saturated rings. The summed E-state index contributed by atoms with van der Waals surface area (Å²) < 4.78 is 28.5. The van der Waals surface area contributed by atoms with Crippen molar-refractivity contribution >= 4 is 29.0 Å². The zero-order valence-electron chi connectivity index (χ0n) is 7.72. The van der Waals surface area contributed by atoms with Gasteiger partial charge in [0.05, 0.1) is 4.88 Å². The highest BCUT2D eigenvalue weighted by atomic mass is 32.1. The third-order valence-corrected chi connectivity index (χ3v) is 3.65. The van der Waals surface area contributed by atoms with Crippen LogP contribution in [0.3, 0.4) is 0 Å². The summed E-state index contributed by atoms with van der Waals surface area (Å²) in [6.45, 7) is -2.86. The van der Waals surface area contributed by atoms with Gasteiger partial charge in [-0.1, -0.05) is 0 Å².